The molecule has 2 atom stereocenters. The molecular weight excluding hydrogens is 417 g/mol. The summed E-state index contributed by atoms with van der Waals surface area (Å²) in [6.45, 7) is 0.517. The zero-order valence-corrected chi connectivity index (χ0v) is 16.3. The molecule has 1 aromatic carbocycles. The number of para-hydroxylation sites is 1. The minimum absolute atomic E-state index is 0.257. The third kappa shape index (κ3) is 4.79. The summed E-state index contributed by atoms with van der Waals surface area (Å²) >= 11 is 0. The van der Waals surface area contributed by atoms with Gasteiger partial charge in [-0.15, -0.1) is 0 Å². The van der Waals surface area contributed by atoms with Crippen molar-refractivity contribution in [2.24, 2.45) is 5.92 Å². The van der Waals surface area contributed by atoms with E-state index in [0.717, 1.165) is 12.5 Å². The Balaban J connectivity index is 2.02. The summed E-state index contributed by atoms with van der Waals surface area (Å²) in [6, 6.07) is 3.92. The van der Waals surface area contributed by atoms with Gasteiger partial charge in [-0.3, -0.25) is 14.4 Å². The summed E-state index contributed by atoms with van der Waals surface area (Å²) in [4.78, 5) is 38.0. The van der Waals surface area contributed by atoms with E-state index < -0.39 is 48.3 Å². The number of anilines is 1. The molecule has 2 unspecified atom stereocenters. The fourth-order valence-corrected chi connectivity index (χ4v) is 2.65. The predicted octanol–water partition coefficient (Wildman–Crippen LogP) is 1.78. The maximum atomic E-state index is 12.9. The summed E-state index contributed by atoms with van der Waals surface area (Å²) in [7, 11) is 1.46. The summed E-state index contributed by atoms with van der Waals surface area (Å²) < 4.78 is 68.0. The van der Waals surface area contributed by atoms with E-state index in [0.29, 0.717) is 11.4 Å². The third-order valence-electron chi connectivity index (χ3n) is 4.58. The summed E-state index contributed by atoms with van der Waals surface area (Å²) in [5.41, 5.74) is 1.22. The Bertz CT molecular complexity index is 844. The summed E-state index contributed by atoms with van der Waals surface area (Å²) in [5.74, 6) is -9.25. The van der Waals surface area contributed by atoms with Crippen LogP contribution in [0.25, 0.3) is 0 Å². The quantitative estimate of drug-likeness (QED) is 0.543. The average Bonchev–Trinajstić information content (AvgIpc) is 2.77. The van der Waals surface area contributed by atoms with Crippen LogP contribution < -0.4 is 20.3 Å². The van der Waals surface area contributed by atoms with Gasteiger partial charge in [0.1, 0.15) is 24.3 Å². The number of nitrogens with zero attached hydrogens (tertiary/aromatic N) is 1. The lowest BCUT2D eigenvalue weighted by Gasteiger charge is -2.23. The van der Waals surface area contributed by atoms with Crippen LogP contribution in [0.3, 0.4) is 0 Å². The van der Waals surface area contributed by atoms with Crippen LogP contribution in [-0.2, 0) is 14.4 Å². The molecule has 2 rings (SSSR count). The highest BCUT2D eigenvalue weighted by atomic mass is 19.4. The second-order valence-corrected chi connectivity index (χ2v) is 6.83. The number of aryl methyl sites for hydroxylation is 1. The maximum Gasteiger partial charge on any atom is 0.455 e. The molecule has 0 bridgehead atoms. The van der Waals surface area contributed by atoms with Gasteiger partial charge in [0.15, 0.2) is 0 Å². The Kier molecular flexibility index (Phi) is 6.57. The first-order valence-electron chi connectivity index (χ1n) is 8.79. The van der Waals surface area contributed by atoms with Gasteiger partial charge in [0.25, 0.3) is 5.91 Å². The first-order chi connectivity index (χ1) is 13.8. The van der Waals surface area contributed by atoms with Crippen LogP contribution in [0, 0.1) is 12.8 Å². The lowest BCUT2D eigenvalue weighted by molar-refractivity contribution is -0.278. The third-order valence-corrected chi connectivity index (χ3v) is 4.58. The Morgan fingerprint density at radius 3 is 2.47 bits per heavy atom. The first kappa shape index (κ1) is 23.4. The highest BCUT2D eigenvalue weighted by molar-refractivity contribution is 6.04. The molecule has 1 aliphatic rings. The van der Waals surface area contributed by atoms with Gasteiger partial charge in [-0.05, 0) is 25.5 Å². The van der Waals surface area contributed by atoms with Crippen molar-refractivity contribution in [3.63, 3.8) is 0 Å². The molecule has 0 saturated heterocycles. The zero-order chi connectivity index (χ0) is 22.9. The molecule has 0 spiro atoms. The largest absolute Gasteiger partial charge is 0.488 e. The number of carbonyl (C=O) groups is 3. The van der Waals surface area contributed by atoms with Crippen molar-refractivity contribution in [2.75, 3.05) is 25.1 Å². The van der Waals surface area contributed by atoms with E-state index in [-0.39, 0.29) is 6.61 Å². The molecular formula is C18H20F5N3O4. The van der Waals surface area contributed by atoms with E-state index in [4.69, 9.17) is 4.74 Å². The monoisotopic (exact) mass is 437 g/mol. The fourth-order valence-electron chi connectivity index (χ4n) is 2.65. The number of hydrogen-bond acceptors (Lipinski definition) is 4. The molecule has 0 saturated carbocycles. The van der Waals surface area contributed by atoms with Crippen molar-refractivity contribution < 1.29 is 41.1 Å². The second-order valence-electron chi connectivity index (χ2n) is 6.83. The molecule has 12 heteroatoms. The molecule has 166 valence electrons. The van der Waals surface area contributed by atoms with E-state index in [1.165, 1.54) is 17.3 Å². The van der Waals surface area contributed by atoms with Crippen molar-refractivity contribution in [3.05, 3.63) is 23.8 Å². The molecule has 0 aliphatic carbocycles. The zero-order valence-electron chi connectivity index (χ0n) is 16.3. The van der Waals surface area contributed by atoms with E-state index in [1.54, 1.807) is 25.1 Å². The van der Waals surface area contributed by atoms with E-state index in [9.17, 15) is 36.3 Å². The van der Waals surface area contributed by atoms with Crippen LogP contribution in [0.4, 0.5) is 27.6 Å². The molecule has 0 fully saturated rings. The van der Waals surface area contributed by atoms with Gasteiger partial charge in [-0.25, -0.2) is 0 Å². The minimum atomic E-state index is -5.84. The second kappa shape index (κ2) is 8.44. The van der Waals surface area contributed by atoms with Gasteiger partial charge < -0.3 is 20.3 Å². The Morgan fingerprint density at radius 2 is 1.87 bits per heavy atom. The lowest BCUT2D eigenvalue weighted by atomic mass is 10.1. The number of alkyl halides is 5. The number of halogens is 5. The van der Waals surface area contributed by atoms with E-state index >= 15 is 0 Å². The van der Waals surface area contributed by atoms with Crippen LogP contribution in [0.5, 0.6) is 5.75 Å². The number of amides is 3. The van der Waals surface area contributed by atoms with E-state index in [1.807, 2.05) is 0 Å². The molecule has 0 radical (unpaired) electrons. The summed E-state index contributed by atoms with van der Waals surface area (Å²) in [5, 5.41) is 3.68. The van der Waals surface area contributed by atoms with Gasteiger partial charge in [0.2, 0.25) is 11.8 Å². The number of ether oxygens (including phenoxy) is 1. The normalized spacial score (nSPS) is 18.1. The highest BCUT2D eigenvalue weighted by Crippen LogP contribution is 2.35. The van der Waals surface area contributed by atoms with Gasteiger partial charge in [0, 0.05) is 7.05 Å². The number of carbonyl (C=O) groups excluding carboxylic acids is 3. The number of rotatable bonds is 5. The molecule has 30 heavy (non-hydrogen) atoms. The first-order valence-corrected chi connectivity index (χ1v) is 8.79. The number of fused-ring (bicyclic) bond motifs is 1. The molecule has 1 heterocycles. The van der Waals surface area contributed by atoms with Crippen LogP contribution in [-0.4, -0.2) is 56.1 Å². The number of hydrogen-bond donors (Lipinski definition) is 2. The average molecular weight is 437 g/mol. The number of nitrogens with one attached hydrogen (secondary N) is 2. The number of likely N-dealkylation sites (N-methyl/N-ethyl adjacent to an activating group) is 1. The Labute approximate surface area is 168 Å². The molecule has 2 N–H and O–H groups in total. The SMILES string of the molecule is Cc1cccc2c1OCC(NC(=O)C(C)C(=O)NCC(F)(F)C(F)(F)F)C(=O)N2C. The van der Waals surface area contributed by atoms with Crippen molar-refractivity contribution in [1.29, 1.82) is 0 Å². The predicted molar refractivity (Wildman–Crippen MR) is 95.2 cm³/mol. The smallest absolute Gasteiger partial charge is 0.455 e. The van der Waals surface area contributed by atoms with Gasteiger partial charge >= 0.3 is 12.1 Å². The van der Waals surface area contributed by atoms with Crippen molar-refractivity contribution in [1.82, 2.24) is 10.6 Å². The van der Waals surface area contributed by atoms with Gasteiger partial charge in [-0.2, -0.15) is 22.0 Å². The van der Waals surface area contributed by atoms with Crippen LogP contribution in [0.2, 0.25) is 0 Å². The fraction of sp³-hybridized carbons (Fsp3) is 0.500. The Morgan fingerprint density at radius 1 is 1.23 bits per heavy atom. The van der Waals surface area contributed by atoms with Crippen molar-refractivity contribution >= 4 is 23.4 Å². The van der Waals surface area contributed by atoms with Crippen molar-refractivity contribution in [3.8, 4) is 5.75 Å². The van der Waals surface area contributed by atoms with E-state index in [2.05, 4.69) is 5.32 Å². The molecule has 3 amide bonds. The van der Waals surface area contributed by atoms with Crippen LogP contribution in [0.1, 0.15) is 12.5 Å². The van der Waals surface area contributed by atoms with Gasteiger partial charge in [0.05, 0.1) is 12.2 Å². The standard InChI is InChI=1S/C18H20F5N3O4/c1-9-5-4-6-12-13(9)30-7-11(16(29)26(12)3)25-15(28)10(2)14(27)24-8-17(19,20)18(21,22)23/h4-6,10-11H,7-8H2,1-3H3,(H,24,27)(H,25,28). The topological polar surface area (TPSA) is 87.7 Å². The lowest BCUT2D eigenvalue weighted by Crippen LogP contribution is -2.53. The van der Waals surface area contributed by atoms with Gasteiger partial charge in [-0.1, -0.05) is 12.1 Å². The summed E-state index contributed by atoms with van der Waals surface area (Å²) in [6.07, 6.45) is -5.84. The molecule has 1 aromatic rings. The Hall–Kier alpha value is -2.92. The number of benzene rings is 1. The molecule has 1 aliphatic heterocycles. The molecule has 0 aromatic heterocycles. The van der Waals surface area contributed by atoms with Crippen molar-refractivity contribution in [2.45, 2.75) is 32.0 Å². The van der Waals surface area contributed by atoms with Crippen LogP contribution in [0.15, 0.2) is 18.2 Å². The maximum absolute atomic E-state index is 12.9. The minimum Gasteiger partial charge on any atom is -0.488 e. The highest BCUT2D eigenvalue weighted by Gasteiger charge is 2.57. The van der Waals surface area contributed by atoms with Crippen LogP contribution >= 0.6 is 0 Å². The molecule has 7 nitrogen and oxygen atoms in total.